The molecule has 262 valence electrons. The van der Waals surface area contributed by atoms with Crippen molar-refractivity contribution in [3.8, 4) is 17.2 Å². The molecule has 0 aliphatic carbocycles. The van der Waals surface area contributed by atoms with Crippen LogP contribution in [-0.2, 0) is 21.9 Å². The van der Waals surface area contributed by atoms with Crippen molar-refractivity contribution in [3.05, 3.63) is 130 Å². The number of aryl methyl sites for hydroxylation is 1. The SMILES string of the molecule is COc1cc(C2/C(=C(\O)c3ccc(OCc4cccc(C)c4)cc3)C(=O)C(=O)N2c2nnc(SCc3ccccc3)s2)ccc1OCCC(C)C. The summed E-state index contributed by atoms with van der Waals surface area (Å²) in [7, 11) is 1.54. The first-order valence-electron chi connectivity index (χ1n) is 16.6. The van der Waals surface area contributed by atoms with Crippen molar-refractivity contribution in [2.45, 2.75) is 49.9 Å². The minimum absolute atomic E-state index is 0.0716. The molecule has 0 spiro atoms. The predicted molar refractivity (Wildman–Crippen MR) is 201 cm³/mol. The number of benzene rings is 4. The van der Waals surface area contributed by atoms with Gasteiger partial charge in [0.25, 0.3) is 5.78 Å². The molecule has 1 aliphatic heterocycles. The molecule has 5 aromatic rings. The lowest BCUT2D eigenvalue weighted by molar-refractivity contribution is -0.132. The third-order valence-corrected chi connectivity index (χ3v) is 10.5. The van der Waals surface area contributed by atoms with Gasteiger partial charge in [-0.1, -0.05) is 103 Å². The second-order valence-electron chi connectivity index (χ2n) is 12.5. The molecule has 1 amide bonds. The van der Waals surface area contributed by atoms with Crippen molar-refractivity contribution < 1.29 is 28.9 Å². The second-order valence-corrected chi connectivity index (χ2v) is 14.7. The average Bonchev–Trinajstić information content (AvgIpc) is 3.71. The molecule has 0 saturated carbocycles. The molecule has 1 unspecified atom stereocenters. The van der Waals surface area contributed by atoms with Gasteiger partial charge in [0.2, 0.25) is 5.13 Å². The molecule has 4 aromatic carbocycles. The summed E-state index contributed by atoms with van der Waals surface area (Å²) >= 11 is 2.70. The highest BCUT2D eigenvalue weighted by atomic mass is 32.2. The van der Waals surface area contributed by atoms with E-state index in [1.807, 2.05) is 55.5 Å². The lowest BCUT2D eigenvalue weighted by Gasteiger charge is -2.23. The van der Waals surface area contributed by atoms with Crippen LogP contribution in [0.2, 0.25) is 0 Å². The van der Waals surface area contributed by atoms with E-state index in [0.29, 0.717) is 57.6 Å². The number of Topliss-reactive ketones (excluding diaryl/α,β-unsaturated/α-hetero) is 1. The van der Waals surface area contributed by atoms with Gasteiger partial charge in [-0.25, -0.2) is 0 Å². The summed E-state index contributed by atoms with van der Waals surface area (Å²) in [6.07, 6.45) is 0.864. The van der Waals surface area contributed by atoms with Crippen LogP contribution in [0.15, 0.2) is 107 Å². The number of carbonyl (C=O) groups excluding carboxylic acids is 2. The first-order chi connectivity index (χ1) is 24.7. The number of methoxy groups -OCH3 is 1. The van der Waals surface area contributed by atoms with Crippen LogP contribution >= 0.6 is 23.1 Å². The molecule has 6 rings (SSSR count). The Kier molecular flexibility index (Phi) is 11.4. The minimum atomic E-state index is -1.01. The average molecular weight is 722 g/mol. The van der Waals surface area contributed by atoms with Gasteiger partial charge in [0, 0.05) is 11.3 Å². The zero-order valence-corrected chi connectivity index (χ0v) is 30.5. The molecule has 9 nitrogen and oxygen atoms in total. The third kappa shape index (κ3) is 8.44. The summed E-state index contributed by atoms with van der Waals surface area (Å²) in [4.78, 5) is 29.0. The Labute approximate surface area is 305 Å². The first kappa shape index (κ1) is 35.7. The van der Waals surface area contributed by atoms with Crippen LogP contribution in [0, 0.1) is 12.8 Å². The van der Waals surface area contributed by atoms with E-state index < -0.39 is 17.7 Å². The highest BCUT2D eigenvalue weighted by Crippen LogP contribution is 2.45. The molecule has 1 saturated heterocycles. The van der Waals surface area contributed by atoms with Crippen LogP contribution < -0.4 is 19.1 Å². The number of anilines is 1. The Hall–Kier alpha value is -5.13. The second kappa shape index (κ2) is 16.3. The van der Waals surface area contributed by atoms with Gasteiger partial charge in [-0.2, -0.15) is 0 Å². The molecular formula is C40H39N3O6S2. The number of rotatable bonds is 14. The van der Waals surface area contributed by atoms with Crippen LogP contribution in [0.25, 0.3) is 5.76 Å². The zero-order valence-electron chi connectivity index (χ0n) is 28.9. The van der Waals surface area contributed by atoms with Crippen molar-refractivity contribution in [2.75, 3.05) is 18.6 Å². The summed E-state index contributed by atoms with van der Waals surface area (Å²) in [5.41, 5.74) is 4.12. The maximum atomic E-state index is 13.8. The van der Waals surface area contributed by atoms with E-state index in [1.54, 1.807) is 42.5 Å². The number of aliphatic hydroxyl groups excluding tert-OH is 1. The molecule has 51 heavy (non-hydrogen) atoms. The van der Waals surface area contributed by atoms with Crippen molar-refractivity contribution in [1.82, 2.24) is 10.2 Å². The number of aliphatic hydroxyl groups is 1. The van der Waals surface area contributed by atoms with Crippen LogP contribution in [0.3, 0.4) is 0 Å². The van der Waals surface area contributed by atoms with Gasteiger partial charge in [-0.05, 0) is 72.4 Å². The standard InChI is InChI=1S/C40H39N3O6S2/c1-25(2)19-20-48-32-18-15-30(22-33(32)47-4)35-34(36(44)29-13-16-31(17-14-29)49-23-28-12-8-9-26(3)21-28)37(45)38(46)43(35)39-41-42-40(51-39)50-24-27-10-6-5-7-11-27/h5-18,21-22,25,35,44H,19-20,23-24H2,1-4H3/b36-34+. The summed E-state index contributed by atoms with van der Waals surface area (Å²) in [5.74, 6) is 0.740. The molecule has 1 fully saturated rings. The Morgan fingerprint density at radius 1 is 0.902 bits per heavy atom. The molecule has 1 atom stereocenters. The highest BCUT2D eigenvalue weighted by Gasteiger charge is 2.48. The third-order valence-electron chi connectivity index (χ3n) is 8.32. The lowest BCUT2D eigenvalue weighted by Crippen LogP contribution is -2.29. The molecular weight excluding hydrogens is 683 g/mol. The van der Waals surface area contributed by atoms with Crippen molar-refractivity contribution in [2.24, 2.45) is 5.92 Å². The maximum absolute atomic E-state index is 13.8. The van der Waals surface area contributed by atoms with Crippen LogP contribution in [0.5, 0.6) is 17.2 Å². The number of carbonyl (C=O) groups is 2. The fourth-order valence-electron chi connectivity index (χ4n) is 5.63. The van der Waals surface area contributed by atoms with Gasteiger partial charge in [0.05, 0.1) is 25.3 Å². The molecule has 1 aliphatic rings. The maximum Gasteiger partial charge on any atom is 0.301 e. The van der Waals surface area contributed by atoms with Crippen molar-refractivity contribution in [1.29, 1.82) is 0 Å². The molecule has 0 radical (unpaired) electrons. The number of aromatic nitrogens is 2. The summed E-state index contributed by atoms with van der Waals surface area (Å²) in [6.45, 7) is 7.16. The predicted octanol–water partition coefficient (Wildman–Crippen LogP) is 8.78. The topological polar surface area (TPSA) is 111 Å². The summed E-state index contributed by atoms with van der Waals surface area (Å²) < 4.78 is 18.3. The van der Waals surface area contributed by atoms with Crippen LogP contribution in [0.1, 0.15) is 54.1 Å². The minimum Gasteiger partial charge on any atom is -0.507 e. The van der Waals surface area contributed by atoms with E-state index in [9.17, 15) is 14.7 Å². The van der Waals surface area contributed by atoms with Crippen molar-refractivity contribution >= 4 is 45.7 Å². The Morgan fingerprint density at radius 3 is 2.39 bits per heavy atom. The van der Waals surface area contributed by atoms with E-state index in [1.165, 1.54) is 35.1 Å². The highest BCUT2D eigenvalue weighted by molar-refractivity contribution is 8.00. The van der Waals surface area contributed by atoms with Crippen LogP contribution in [-0.4, -0.2) is 40.7 Å². The fourth-order valence-corrected chi connectivity index (χ4v) is 7.46. The van der Waals surface area contributed by atoms with E-state index in [2.05, 4.69) is 30.1 Å². The number of thioether (sulfide) groups is 1. The van der Waals surface area contributed by atoms with Gasteiger partial charge in [0.15, 0.2) is 15.8 Å². The van der Waals surface area contributed by atoms with Gasteiger partial charge in [-0.3, -0.25) is 14.5 Å². The zero-order chi connectivity index (χ0) is 35.9. The Morgan fingerprint density at radius 2 is 1.67 bits per heavy atom. The number of nitrogens with zero attached hydrogens (tertiary/aromatic N) is 3. The monoisotopic (exact) mass is 721 g/mol. The number of ether oxygens (including phenoxy) is 3. The van der Waals surface area contributed by atoms with Gasteiger partial charge in [-0.15, -0.1) is 10.2 Å². The molecule has 0 bridgehead atoms. The number of hydrogen-bond donors (Lipinski definition) is 1. The summed E-state index contributed by atoms with van der Waals surface area (Å²) in [6, 6.07) is 29.1. The van der Waals surface area contributed by atoms with Crippen LogP contribution in [0.4, 0.5) is 5.13 Å². The smallest absolute Gasteiger partial charge is 0.301 e. The fraction of sp³-hybridized carbons (Fsp3) is 0.250. The normalized spacial score (nSPS) is 15.4. The van der Waals surface area contributed by atoms with Gasteiger partial charge < -0.3 is 19.3 Å². The van der Waals surface area contributed by atoms with E-state index in [4.69, 9.17) is 14.2 Å². The summed E-state index contributed by atoms with van der Waals surface area (Å²) in [5, 5.41) is 20.7. The first-order valence-corrected chi connectivity index (χ1v) is 18.4. The molecule has 2 heterocycles. The van der Waals surface area contributed by atoms with E-state index in [0.717, 1.165) is 23.1 Å². The van der Waals surface area contributed by atoms with Gasteiger partial charge >= 0.3 is 5.91 Å². The van der Waals surface area contributed by atoms with Gasteiger partial charge in [0.1, 0.15) is 18.1 Å². The number of amides is 1. The number of ketones is 1. The Balaban J connectivity index is 1.34. The molecule has 1 aromatic heterocycles. The lowest BCUT2D eigenvalue weighted by atomic mass is 9.95. The largest absolute Gasteiger partial charge is 0.507 e. The Bertz CT molecular complexity index is 2030. The van der Waals surface area contributed by atoms with Crippen molar-refractivity contribution in [3.63, 3.8) is 0 Å². The molecule has 11 heteroatoms. The molecule has 1 N–H and O–H groups in total. The van der Waals surface area contributed by atoms with E-state index in [-0.39, 0.29) is 16.5 Å². The van der Waals surface area contributed by atoms with E-state index >= 15 is 0 Å². The quantitative estimate of drug-likeness (QED) is 0.0396. The number of hydrogen-bond acceptors (Lipinski definition) is 10.